The Balaban J connectivity index is 2.66. The zero-order valence-electron chi connectivity index (χ0n) is 11.2. The zero-order chi connectivity index (χ0) is 12.7. The molecule has 0 amide bonds. The Kier molecular flexibility index (Phi) is 5.69. The maximum atomic E-state index is 5.61. The summed E-state index contributed by atoms with van der Waals surface area (Å²) in [6.45, 7) is 6.44. The van der Waals surface area contributed by atoms with Crippen molar-refractivity contribution in [3.63, 3.8) is 0 Å². The molecule has 0 atom stereocenters. The Bertz CT molecular complexity index is 341. The van der Waals surface area contributed by atoms with E-state index in [1.54, 1.807) is 0 Å². The number of rotatable bonds is 7. The molecule has 17 heavy (non-hydrogen) atoms. The molecule has 1 aromatic rings. The van der Waals surface area contributed by atoms with Gasteiger partial charge in [0.1, 0.15) is 18.2 Å². The quantitative estimate of drug-likeness (QED) is 0.778. The van der Waals surface area contributed by atoms with Gasteiger partial charge in [0.25, 0.3) is 0 Å². The molecule has 1 heterocycles. The van der Waals surface area contributed by atoms with Crippen LogP contribution >= 0.6 is 0 Å². The van der Waals surface area contributed by atoms with Gasteiger partial charge < -0.3 is 15.0 Å². The molecule has 1 aromatic heterocycles. The maximum absolute atomic E-state index is 5.61. The fourth-order valence-corrected chi connectivity index (χ4v) is 1.31. The monoisotopic (exact) mass is 238 g/mol. The van der Waals surface area contributed by atoms with E-state index in [1.807, 2.05) is 34.0 Å². The van der Waals surface area contributed by atoms with Gasteiger partial charge in [0.15, 0.2) is 0 Å². The lowest BCUT2D eigenvalue weighted by atomic mass is 10.4. The Labute approximate surface area is 103 Å². The summed E-state index contributed by atoms with van der Waals surface area (Å²) in [4.78, 5) is 10.8. The minimum absolute atomic E-state index is 0.638. The number of nitrogens with one attached hydrogen (secondary N) is 1. The molecule has 0 bridgehead atoms. The van der Waals surface area contributed by atoms with E-state index in [9.17, 15) is 0 Å². The first-order valence-electron chi connectivity index (χ1n) is 6.05. The van der Waals surface area contributed by atoms with E-state index in [4.69, 9.17) is 4.74 Å². The first-order valence-corrected chi connectivity index (χ1v) is 6.05. The summed E-state index contributed by atoms with van der Waals surface area (Å²) in [6.07, 6.45) is 0.809. The summed E-state index contributed by atoms with van der Waals surface area (Å²) in [5.74, 6) is 2.29. The molecule has 0 aliphatic heterocycles. The summed E-state index contributed by atoms with van der Waals surface area (Å²) < 4.78 is 5.61. The van der Waals surface area contributed by atoms with Crippen LogP contribution in [0.15, 0.2) is 6.07 Å². The predicted octanol–water partition coefficient (Wildman–Crippen LogP) is 1.41. The number of hydrogen-bond acceptors (Lipinski definition) is 5. The van der Waals surface area contributed by atoms with Crippen molar-refractivity contribution in [2.45, 2.75) is 20.3 Å². The molecular weight excluding hydrogens is 216 g/mol. The average Bonchev–Trinajstić information content (AvgIpc) is 2.28. The lowest BCUT2D eigenvalue weighted by molar-refractivity contribution is 0.253. The minimum Gasteiger partial charge on any atom is -0.476 e. The van der Waals surface area contributed by atoms with Crippen molar-refractivity contribution in [3.05, 3.63) is 11.9 Å². The molecule has 0 fully saturated rings. The lowest BCUT2D eigenvalue weighted by Crippen LogP contribution is -2.20. The maximum Gasteiger partial charge on any atom is 0.218 e. The van der Waals surface area contributed by atoms with Crippen molar-refractivity contribution >= 4 is 5.82 Å². The van der Waals surface area contributed by atoms with Gasteiger partial charge in [-0.2, -0.15) is 4.98 Å². The Morgan fingerprint density at radius 1 is 1.29 bits per heavy atom. The highest BCUT2D eigenvalue weighted by molar-refractivity contribution is 5.38. The second-order valence-corrected chi connectivity index (χ2v) is 4.04. The van der Waals surface area contributed by atoms with Gasteiger partial charge in [0.05, 0.1) is 0 Å². The van der Waals surface area contributed by atoms with E-state index in [2.05, 4.69) is 20.2 Å². The van der Waals surface area contributed by atoms with Crippen LogP contribution in [0, 0.1) is 0 Å². The number of anilines is 1. The van der Waals surface area contributed by atoms with Crippen molar-refractivity contribution in [3.8, 4) is 5.88 Å². The molecule has 5 nitrogen and oxygen atoms in total. The van der Waals surface area contributed by atoms with Crippen molar-refractivity contribution in [2.75, 3.05) is 39.1 Å². The first kappa shape index (κ1) is 13.7. The minimum atomic E-state index is 0.638. The van der Waals surface area contributed by atoms with Crippen LogP contribution in [-0.4, -0.2) is 48.7 Å². The second kappa shape index (κ2) is 7.06. The van der Waals surface area contributed by atoms with E-state index >= 15 is 0 Å². The van der Waals surface area contributed by atoms with Crippen LogP contribution in [0.5, 0.6) is 5.88 Å². The third-order valence-electron chi connectivity index (χ3n) is 2.21. The molecule has 0 aromatic carbocycles. The van der Waals surface area contributed by atoms with Crippen LogP contribution in [0.25, 0.3) is 0 Å². The SMILES string of the molecule is CCNc1cc(OCCN(C)C)nc(CC)n1. The summed E-state index contributed by atoms with van der Waals surface area (Å²) in [6, 6.07) is 1.85. The van der Waals surface area contributed by atoms with E-state index < -0.39 is 0 Å². The first-order chi connectivity index (χ1) is 8.15. The van der Waals surface area contributed by atoms with Crippen molar-refractivity contribution < 1.29 is 4.74 Å². The summed E-state index contributed by atoms with van der Waals surface area (Å²) in [7, 11) is 4.04. The Morgan fingerprint density at radius 3 is 2.65 bits per heavy atom. The van der Waals surface area contributed by atoms with Gasteiger partial charge in [-0.15, -0.1) is 0 Å². The summed E-state index contributed by atoms with van der Waals surface area (Å²) in [5.41, 5.74) is 0. The largest absolute Gasteiger partial charge is 0.476 e. The molecule has 1 N–H and O–H groups in total. The van der Waals surface area contributed by atoms with Crippen LogP contribution in [0.2, 0.25) is 0 Å². The third kappa shape index (κ3) is 4.99. The molecule has 0 radical (unpaired) electrons. The average molecular weight is 238 g/mol. The van der Waals surface area contributed by atoms with Crippen LogP contribution in [0.3, 0.4) is 0 Å². The number of aryl methyl sites for hydroxylation is 1. The molecule has 0 spiro atoms. The van der Waals surface area contributed by atoms with Gasteiger partial charge in [0, 0.05) is 25.6 Å². The van der Waals surface area contributed by atoms with Crippen LogP contribution < -0.4 is 10.1 Å². The van der Waals surface area contributed by atoms with Crippen molar-refractivity contribution in [2.24, 2.45) is 0 Å². The highest BCUT2D eigenvalue weighted by Crippen LogP contribution is 2.13. The molecule has 5 heteroatoms. The molecule has 0 saturated heterocycles. The van der Waals surface area contributed by atoms with Gasteiger partial charge in [-0.3, -0.25) is 0 Å². The van der Waals surface area contributed by atoms with Crippen LogP contribution in [0.1, 0.15) is 19.7 Å². The molecule has 96 valence electrons. The number of hydrogen-bond donors (Lipinski definition) is 1. The van der Waals surface area contributed by atoms with E-state index in [-0.39, 0.29) is 0 Å². The molecule has 0 unspecified atom stereocenters. The van der Waals surface area contributed by atoms with Crippen LogP contribution in [-0.2, 0) is 6.42 Å². The summed E-state index contributed by atoms with van der Waals surface area (Å²) >= 11 is 0. The molecule has 0 aliphatic carbocycles. The van der Waals surface area contributed by atoms with E-state index in [0.29, 0.717) is 12.5 Å². The number of aromatic nitrogens is 2. The molecule has 0 aliphatic rings. The van der Waals surface area contributed by atoms with Gasteiger partial charge in [-0.1, -0.05) is 6.92 Å². The molecular formula is C12H22N4O. The predicted molar refractivity (Wildman–Crippen MR) is 69.6 cm³/mol. The van der Waals surface area contributed by atoms with Crippen LogP contribution in [0.4, 0.5) is 5.82 Å². The summed E-state index contributed by atoms with van der Waals surface area (Å²) in [5, 5.41) is 3.18. The zero-order valence-corrected chi connectivity index (χ0v) is 11.2. The Morgan fingerprint density at radius 2 is 2.06 bits per heavy atom. The fourth-order valence-electron chi connectivity index (χ4n) is 1.31. The standard InChI is InChI=1S/C12H22N4O/c1-5-10-14-11(13-6-2)9-12(15-10)17-8-7-16(3)4/h9H,5-8H2,1-4H3,(H,13,14,15). The van der Waals surface area contributed by atoms with Gasteiger partial charge in [0.2, 0.25) is 5.88 Å². The normalized spacial score (nSPS) is 10.6. The van der Waals surface area contributed by atoms with Gasteiger partial charge in [-0.05, 0) is 21.0 Å². The third-order valence-corrected chi connectivity index (χ3v) is 2.21. The van der Waals surface area contributed by atoms with E-state index in [1.165, 1.54) is 0 Å². The van der Waals surface area contributed by atoms with Crippen molar-refractivity contribution in [1.29, 1.82) is 0 Å². The smallest absolute Gasteiger partial charge is 0.218 e. The highest BCUT2D eigenvalue weighted by Gasteiger charge is 2.04. The van der Waals surface area contributed by atoms with Gasteiger partial charge >= 0.3 is 0 Å². The van der Waals surface area contributed by atoms with Gasteiger partial charge in [-0.25, -0.2) is 4.98 Å². The number of ether oxygens (including phenoxy) is 1. The fraction of sp³-hybridized carbons (Fsp3) is 0.667. The second-order valence-electron chi connectivity index (χ2n) is 4.04. The topological polar surface area (TPSA) is 50.3 Å². The lowest BCUT2D eigenvalue weighted by Gasteiger charge is -2.12. The number of likely N-dealkylation sites (N-methyl/N-ethyl adjacent to an activating group) is 1. The highest BCUT2D eigenvalue weighted by atomic mass is 16.5. The van der Waals surface area contributed by atoms with Crippen molar-refractivity contribution in [1.82, 2.24) is 14.9 Å². The number of nitrogens with zero attached hydrogens (tertiary/aromatic N) is 3. The molecule has 0 saturated carbocycles. The van der Waals surface area contributed by atoms with E-state index in [0.717, 1.165) is 31.2 Å². The Hall–Kier alpha value is -1.36. The molecule has 1 rings (SSSR count).